The summed E-state index contributed by atoms with van der Waals surface area (Å²) < 4.78 is 16.9. The molecule has 1 unspecified atom stereocenters. The molecule has 1 atom stereocenters. The van der Waals surface area contributed by atoms with Crippen LogP contribution >= 0.6 is 0 Å². The molecule has 0 aromatic heterocycles. The summed E-state index contributed by atoms with van der Waals surface area (Å²) >= 11 is 0. The number of ether oxygens (including phenoxy) is 3. The molecule has 76 heavy (non-hydrogen) atoms. The first-order chi connectivity index (χ1) is 37.5. The normalized spacial score (nSPS) is 12.6. The second kappa shape index (κ2) is 64.1. The average Bonchev–Trinajstić information content (AvgIpc) is 3.42. The molecule has 0 saturated heterocycles. The lowest BCUT2D eigenvalue weighted by molar-refractivity contribution is -0.167. The third-order valence-corrected chi connectivity index (χ3v) is 14.1. The Morgan fingerprint density at radius 1 is 0.276 bits per heavy atom. The van der Waals surface area contributed by atoms with E-state index in [9.17, 15) is 14.4 Å². The molecular formula is C70H122O6. The fourth-order valence-electron chi connectivity index (χ4n) is 9.27. The molecule has 0 spiro atoms. The van der Waals surface area contributed by atoms with Crippen LogP contribution in [0.15, 0.2) is 85.1 Å². The maximum absolute atomic E-state index is 12.9. The van der Waals surface area contributed by atoms with E-state index in [-0.39, 0.29) is 31.1 Å². The van der Waals surface area contributed by atoms with Crippen molar-refractivity contribution in [2.45, 2.75) is 329 Å². The van der Waals surface area contributed by atoms with E-state index in [1.807, 2.05) is 0 Å². The van der Waals surface area contributed by atoms with Gasteiger partial charge in [0.25, 0.3) is 0 Å². The second-order valence-electron chi connectivity index (χ2n) is 21.6. The molecule has 0 N–H and O–H groups in total. The van der Waals surface area contributed by atoms with Crippen LogP contribution in [0, 0.1) is 0 Å². The largest absolute Gasteiger partial charge is 0.462 e. The summed E-state index contributed by atoms with van der Waals surface area (Å²) in [6, 6.07) is 0. The minimum atomic E-state index is -0.780. The van der Waals surface area contributed by atoms with Gasteiger partial charge in [0.05, 0.1) is 0 Å². The Balaban J connectivity index is 4.25. The van der Waals surface area contributed by atoms with Crippen LogP contribution in [0.25, 0.3) is 0 Å². The lowest BCUT2D eigenvalue weighted by Gasteiger charge is -2.18. The van der Waals surface area contributed by atoms with Crippen LogP contribution in [-0.4, -0.2) is 37.2 Å². The van der Waals surface area contributed by atoms with E-state index in [2.05, 4.69) is 106 Å². The summed E-state index contributed by atoms with van der Waals surface area (Å²) in [5, 5.41) is 0. The molecule has 0 rings (SSSR count). The standard InChI is InChI=1S/C70H122O6/c1-4-7-10-13-16-19-22-25-27-29-30-31-32-33-34-35-36-37-38-39-40-42-43-45-48-51-54-57-60-63-69(72)75-66-67(65-74-68(71)62-59-56-53-50-47-24-21-18-15-12-9-6-3)76-70(73)64-61-58-55-52-49-46-44-41-28-26-23-20-17-14-11-8-5-2/h7,10,16,18-19,21,25,27,30-31,33-34,36-37,67H,4-6,8-9,11-15,17,20,22-24,26,28-29,32,35,38-66H2,1-3H3/b10-7-,19-16-,21-18-,27-25-,31-30-,34-33-,37-36-. The molecule has 6 nitrogen and oxygen atoms in total. The van der Waals surface area contributed by atoms with E-state index in [4.69, 9.17) is 14.2 Å². The van der Waals surface area contributed by atoms with Gasteiger partial charge in [-0.2, -0.15) is 0 Å². The Bertz CT molecular complexity index is 1450. The SMILES string of the molecule is CC/C=C\C/C=C\C/C=C\C/C=C\C/C=C\C/C=C\CCCCCCCCCCCCC(=O)OCC(COC(=O)CCCCCCC/C=C\CCCCC)OC(=O)CCCCCCCCCCCCCCCCCCC. The van der Waals surface area contributed by atoms with E-state index in [1.165, 1.54) is 180 Å². The predicted molar refractivity (Wildman–Crippen MR) is 330 cm³/mol. The van der Waals surface area contributed by atoms with Gasteiger partial charge in [0.15, 0.2) is 6.10 Å². The minimum Gasteiger partial charge on any atom is -0.462 e. The molecule has 0 aromatic rings. The van der Waals surface area contributed by atoms with E-state index >= 15 is 0 Å². The van der Waals surface area contributed by atoms with Crippen molar-refractivity contribution in [1.82, 2.24) is 0 Å². The number of carbonyl (C=O) groups excluding carboxylic acids is 3. The van der Waals surface area contributed by atoms with E-state index in [1.54, 1.807) is 0 Å². The molecule has 0 amide bonds. The van der Waals surface area contributed by atoms with Crippen molar-refractivity contribution in [3.63, 3.8) is 0 Å². The monoisotopic (exact) mass is 1060 g/mol. The molecule has 0 saturated carbocycles. The molecule has 0 radical (unpaired) electrons. The zero-order valence-electron chi connectivity index (χ0n) is 50.3. The Kier molecular flexibility index (Phi) is 61.2. The van der Waals surface area contributed by atoms with Gasteiger partial charge in [-0.05, 0) is 96.3 Å². The average molecular weight is 1060 g/mol. The molecule has 0 heterocycles. The van der Waals surface area contributed by atoms with E-state index < -0.39 is 6.10 Å². The fraction of sp³-hybridized carbons (Fsp3) is 0.757. The summed E-state index contributed by atoms with van der Waals surface area (Å²) in [6.45, 7) is 6.53. The molecule has 0 aliphatic rings. The van der Waals surface area contributed by atoms with Gasteiger partial charge in [-0.3, -0.25) is 14.4 Å². The highest BCUT2D eigenvalue weighted by molar-refractivity contribution is 5.71. The van der Waals surface area contributed by atoms with E-state index in [0.29, 0.717) is 19.3 Å². The van der Waals surface area contributed by atoms with Crippen LogP contribution < -0.4 is 0 Å². The Morgan fingerprint density at radius 2 is 0.513 bits per heavy atom. The zero-order valence-corrected chi connectivity index (χ0v) is 50.3. The summed E-state index contributed by atoms with van der Waals surface area (Å²) in [5.74, 6) is -0.876. The summed E-state index contributed by atoms with van der Waals surface area (Å²) in [7, 11) is 0. The van der Waals surface area contributed by atoms with Crippen LogP contribution in [0.2, 0.25) is 0 Å². The van der Waals surface area contributed by atoms with Crippen molar-refractivity contribution in [3.8, 4) is 0 Å². The van der Waals surface area contributed by atoms with Crippen molar-refractivity contribution in [2.24, 2.45) is 0 Å². The Hall–Kier alpha value is -3.41. The first-order valence-corrected chi connectivity index (χ1v) is 32.6. The van der Waals surface area contributed by atoms with Crippen LogP contribution in [0.5, 0.6) is 0 Å². The number of carbonyl (C=O) groups is 3. The molecule has 0 fully saturated rings. The number of esters is 3. The van der Waals surface area contributed by atoms with Gasteiger partial charge in [-0.1, -0.05) is 292 Å². The fourth-order valence-corrected chi connectivity index (χ4v) is 9.27. The van der Waals surface area contributed by atoms with Crippen molar-refractivity contribution in [2.75, 3.05) is 13.2 Å². The van der Waals surface area contributed by atoms with Crippen LogP contribution in [0.3, 0.4) is 0 Å². The van der Waals surface area contributed by atoms with Gasteiger partial charge >= 0.3 is 17.9 Å². The number of allylic oxidation sites excluding steroid dienone is 14. The highest BCUT2D eigenvalue weighted by atomic mass is 16.6. The predicted octanol–water partition coefficient (Wildman–Crippen LogP) is 22.3. The highest BCUT2D eigenvalue weighted by Crippen LogP contribution is 2.17. The number of unbranched alkanes of at least 4 members (excludes halogenated alkanes) is 34. The number of hydrogen-bond donors (Lipinski definition) is 0. The quantitative estimate of drug-likeness (QED) is 0.0261. The van der Waals surface area contributed by atoms with Crippen LogP contribution in [0.1, 0.15) is 323 Å². The summed E-state index contributed by atoms with van der Waals surface area (Å²) in [6.07, 6.45) is 84.5. The lowest BCUT2D eigenvalue weighted by Crippen LogP contribution is -2.30. The summed E-state index contributed by atoms with van der Waals surface area (Å²) in [5.41, 5.74) is 0. The smallest absolute Gasteiger partial charge is 0.306 e. The molecule has 6 heteroatoms. The van der Waals surface area contributed by atoms with Gasteiger partial charge in [0, 0.05) is 19.3 Å². The van der Waals surface area contributed by atoms with Crippen molar-refractivity contribution in [3.05, 3.63) is 85.1 Å². The Labute approximate surface area is 471 Å². The molecule has 0 aromatic carbocycles. The summed E-state index contributed by atoms with van der Waals surface area (Å²) in [4.78, 5) is 38.3. The zero-order chi connectivity index (χ0) is 55.0. The van der Waals surface area contributed by atoms with Gasteiger partial charge in [0.1, 0.15) is 13.2 Å². The molecule has 438 valence electrons. The third-order valence-electron chi connectivity index (χ3n) is 14.1. The first kappa shape index (κ1) is 72.6. The maximum Gasteiger partial charge on any atom is 0.306 e. The molecular weight excluding hydrogens is 937 g/mol. The van der Waals surface area contributed by atoms with Gasteiger partial charge < -0.3 is 14.2 Å². The lowest BCUT2D eigenvalue weighted by atomic mass is 10.0. The van der Waals surface area contributed by atoms with Gasteiger partial charge in [0.2, 0.25) is 0 Å². The first-order valence-electron chi connectivity index (χ1n) is 32.6. The van der Waals surface area contributed by atoms with Gasteiger partial charge in [-0.25, -0.2) is 0 Å². The van der Waals surface area contributed by atoms with E-state index in [0.717, 1.165) is 103 Å². The van der Waals surface area contributed by atoms with Gasteiger partial charge in [-0.15, -0.1) is 0 Å². The third kappa shape index (κ3) is 61.4. The molecule has 0 aliphatic carbocycles. The topological polar surface area (TPSA) is 78.9 Å². The number of hydrogen-bond acceptors (Lipinski definition) is 6. The molecule has 0 aliphatic heterocycles. The minimum absolute atomic E-state index is 0.0780. The van der Waals surface area contributed by atoms with Crippen molar-refractivity contribution < 1.29 is 28.6 Å². The Morgan fingerprint density at radius 3 is 0.842 bits per heavy atom. The maximum atomic E-state index is 12.9. The van der Waals surface area contributed by atoms with Crippen molar-refractivity contribution in [1.29, 1.82) is 0 Å². The molecule has 0 bridgehead atoms. The second-order valence-corrected chi connectivity index (χ2v) is 21.6. The highest BCUT2D eigenvalue weighted by Gasteiger charge is 2.19. The van der Waals surface area contributed by atoms with Crippen molar-refractivity contribution >= 4 is 17.9 Å². The van der Waals surface area contributed by atoms with Crippen LogP contribution in [-0.2, 0) is 28.6 Å². The van der Waals surface area contributed by atoms with Crippen LogP contribution in [0.4, 0.5) is 0 Å². The number of rotatable bonds is 59.